The predicted octanol–water partition coefficient (Wildman–Crippen LogP) is 9.77. The van der Waals surface area contributed by atoms with E-state index in [9.17, 15) is 9.90 Å². The van der Waals surface area contributed by atoms with Crippen molar-refractivity contribution < 1.29 is 30.0 Å². The van der Waals surface area contributed by atoms with Crippen molar-refractivity contribution in [1.82, 2.24) is 4.98 Å². The van der Waals surface area contributed by atoms with Crippen molar-refractivity contribution in [2.45, 2.75) is 94.4 Å². The van der Waals surface area contributed by atoms with E-state index in [0.29, 0.717) is 0 Å². The van der Waals surface area contributed by atoms with Crippen LogP contribution in [0.25, 0.3) is 22.2 Å². The Bertz CT molecular complexity index is 1210. The zero-order valence-electron chi connectivity index (χ0n) is 25.4. The van der Waals surface area contributed by atoms with Crippen LogP contribution in [-0.4, -0.2) is 15.9 Å². The maximum atomic E-state index is 11.7. The molecule has 4 heteroatoms. The summed E-state index contributed by atoms with van der Waals surface area (Å²) < 4.78 is 0. The number of allylic oxidation sites excluding steroid dienone is 2. The number of ketones is 1. The largest absolute Gasteiger partial charge is 0.512 e. The van der Waals surface area contributed by atoms with Crippen LogP contribution in [0.2, 0.25) is 0 Å². The predicted molar refractivity (Wildman–Crippen MR) is 163 cm³/mol. The topological polar surface area (TPSA) is 50.2 Å². The minimum atomic E-state index is 0. The van der Waals surface area contributed by atoms with Gasteiger partial charge in [-0.3, -0.25) is 9.78 Å². The Labute approximate surface area is 250 Å². The zero-order chi connectivity index (χ0) is 28.5. The van der Waals surface area contributed by atoms with Gasteiger partial charge in [0.1, 0.15) is 0 Å². The van der Waals surface area contributed by atoms with Crippen LogP contribution in [0.1, 0.15) is 90.8 Å². The molecule has 0 amide bonds. The molecule has 0 atom stereocenters. The summed E-state index contributed by atoms with van der Waals surface area (Å²) in [5.41, 5.74) is 7.20. The third-order valence-electron chi connectivity index (χ3n) is 7.03. The van der Waals surface area contributed by atoms with Crippen molar-refractivity contribution in [1.29, 1.82) is 0 Å². The molecule has 0 saturated carbocycles. The van der Waals surface area contributed by atoms with E-state index in [-0.39, 0.29) is 48.9 Å². The third kappa shape index (κ3) is 10.7. The maximum absolute atomic E-state index is 11.7. The van der Waals surface area contributed by atoms with Gasteiger partial charge in [-0.15, -0.1) is 34.9 Å². The zero-order valence-corrected chi connectivity index (χ0v) is 27.8. The standard InChI is InChI=1S/C22H24N.C13H24O2.Ir/c1-15-10-16(2)12-17(11-15)21-13-18(14-22(3,4)5)19-8-6-7-9-20(19)23-21;1-5-10(6-2)12(14)9-13(15)11(7-3)8-4;/h6-11,13H,14H2,1-5H3;9-11,14H,5-8H2,1-4H3;/q-1;;/b;12-9-;. The van der Waals surface area contributed by atoms with Gasteiger partial charge in [-0.05, 0) is 54.8 Å². The van der Waals surface area contributed by atoms with E-state index in [1.165, 1.54) is 22.6 Å². The molecule has 1 radical (unpaired) electrons. The Morgan fingerprint density at radius 1 is 0.949 bits per heavy atom. The number of aliphatic hydroxyl groups excluding tert-OH is 1. The van der Waals surface area contributed by atoms with Crippen molar-refractivity contribution in [3.05, 3.63) is 77.1 Å². The first-order valence-electron chi connectivity index (χ1n) is 14.3. The number of carbonyl (C=O) groups excluding carboxylic acids is 1. The number of para-hydroxylation sites is 1. The molecule has 0 aliphatic heterocycles. The van der Waals surface area contributed by atoms with Gasteiger partial charge in [-0.1, -0.05) is 86.6 Å². The first-order chi connectivity index (χ1) is 17.9. The molecule has 0 fully saturated rings. The number of nitrogens with zero attached hydrogens (tertiary/aromatic N) is 1. The summed E-state index contributed by atoms with van der Waals surface area (Å²) in [5, 5.41) is 11.0. The van der Waals surface area contributed by atoms with E-state index in [2.05, 4.69) is 83.1 Å². The van der Waals surface area contributed by atoms with Gasteiger partial charge in [0, 0.05) is 43.4 Å². The number of aromatic nitrogens is 1. The van der Waals surface area contributed by atoms with E-state index in [1.807, 2.05) is 27.7 Å². The van der Waals surface area contributed by atoms with Gasteiger partial charge < -0.3 is 5.11 Å². The number of aliphatic hydroxyl groups is 1. The minimum Gasteiger partial charge on any atom is -0.512 e. The summed E-state index contributed by atoms with van der Waals surface area (Å²) in [7, 11) is 0. The van der Waals surface area contributed by atoms with Crippen molar-refractivity contribution in [3.63, 3.8) is 0 Å². The van der Waals surface area contributed by atoms with Crippen molar-refractivity contribution >= 4 is 16.7 Å². The van der Waals surface area contributed by atoms with Crippen LogP contribution in [0.15, 0.2) is 54.3 Å². The van der Waals surface area contributed by atoms with Gasteiger partial charge in [0.25, 0.3) is 0 Å². The number of pyridine rings is 1. The Balaban J connectivity index is 0.000000418. The van der Waals surface area contributed by atoms with Crippen LogP contribution < -0.4 is 0 Å². The van der Waals surface area contributed by atoms with Gasteiger partial charge in [0.05, 0.1) is 11.3 Å². The molecule has 1 N–H and O–H groups in total. The second kappa shape index (κ2) is 16.1. The molecule has 1 heterocycles. The van der Waals surface area contributed by atoms with Crippen LogP contribution in [0.3, 0.4) is 0 Å². The molecule has 0 spiro atoms. The molecule has 0 saturated heterocycles. The quantitative estimate of drug-likeness (QED) is 0.137. The summed E-state index contributed by atoms with van der Waals surface area (Å²) >= 11 is 0. The second-order valence-electron chi connectivity index (χ2n) is 11.7. The number of aryl methyl sites for hydroxylation is 2. The molecule has 39 heavy (non-hydrogen) atoms. The molecule has 0 unspecified atom stereocenters. The molecule has 0 aliphatic carbocycles. The van der Waals surface area contributed by atoms with Crippen molar-refractivity contribution in [2.75, 3.05) is 0 Å². The van der Waals surface area contributed by atoms with Gasteiger partial charge >= 0.3 is 0 Å². The molecular weight excluding hydrogens is 659 g/mol. The van der Waals surface area contributed by atoms with Crippen molar-refractivity contribution in [3.8, 4) is 11.3 Å². The SMILES string of the molecule is CCC(CC)C(=O)/C=C(\O)C(CC)CC.Cc1[c-]c(-c2cc(CC(C)(C)C)c3ccccc3n2)cc(C)c1.[Ir]. The molecular formula is C35H48IrNO2-. The van der Waals surface area contributed by atoms with E-state index in [4.69, 9.17) is 4.98 Å². The summed E-state index contributed by atoms with van der Waals surface area (Å²) in [6.07, 6.45) is 5.94. The first-order valence-corrected chi connectivity index (χ1v) is 14.3. The second-order valence-corrected chi connectivity index (χ2v) is 11.7. The fourth-order valence-electron chi connectivity index (χ4n) is 4.92. The molecule has 1 aromatic heterocycles. The number of benzene rings is 2. The fourth-order valence-corrected chi connectivity index (χ4v) is 4.92. The van der Waals surface area contributed by atoms with Gasteiger partial charge in [0.2, 0.25) is 0 Å². The molecule has 0 bridgehead atoms. The van der Waals surface area contributed by atoms with Crippen LogP contribution in [0.5, 0.6) is 0 Å². The summed E-state index contributed by atoms with van der Waals surface area (Å²) in [4.78, 5) is 16.6. The summed E-state index contributed by atoms with van der Waals surface area (Å²) in [6, 6.07) is 18.5. The molecule has 3 nitrogen and oxygen atoms in total. The molecule has 215 valence electrons. The number of hydrogen-bond acceptors (Lipinski definition) is 3. The third-order valence-corrected chi connectivity index (χ3v) is 7.03. The van der Waals surface area contributed by atoms with Crippen LogP contribution >= 0.6 is 0 Å². The Kier molecular flexibility index (Phi) is 14.3. The number of hydrogen-bond donors (Lipinski definition) is 1. The van der Waals surface area contributed by atoms with E-state index in [1.54, 1.807) is 0 Å². The summed E-state index contributed by atoms with van der Waals surface area (Å²) in [5.74, 6) is 0.547. The number of carbonyl (C=O) groups is 1. The van der Waals surface area contributed by atoms with Gasteiger partial charge in [-0.2, -0.15) is 0 Å². The smallest absolute Gasteiger partial charge is 0.162 e. The monoisotopic (exact) mass is 707 g/mol. The molecule has 2 aromatic carbocycles. The first kappa shape index (κ1) is 34.7. The van der Waals surface area contributed by atoms with E-state index < -0.39 is 0 Å². The van der Waals surface area contributed by atoms with Crippen LogP contribution in [-0.2, 0) is 31.3 Å². The maximum Gasteiger partial charge on any atom is 0.162 e. The van der Waals surface area contributed by atoms with Gasteiger partial charge in [0.15, 0.2) is 5.78 Å². The Morgan fingerprint density at radius 2 is 1.54 bits per heavy atom. The van der Waals surface area contributed by atoms with E-state index >= 15 is 0 Å². The molecule has 3 rings (SSSR count). The minimum absolute atomic E-state index is 0. The van der Waals surface area contributed by atoms with Crippen LogP contribution in [0.4, 0.5) is 0 Å². The normalized spacial score (nSPS) is 11.8. The average molecular weight is 707 g/mol. The summed E-state index contributed by atoms with van der Waals surface area (Å²) in [6.45, 7) is 19.1. The fraction of sp³-hybridized carbons (Fsp3) is 0.486. The number of fused-ring (bicyclic) bond motifs is 1. The Morgan fingerprint density at radius 3 is 2.08 bits per heavy atom. The average Bonchev–Trinajstić information content (AvgIpc) is 2.84. The van der Waals surface area contributed by atoms with Crippen molar-refractivity contribution in [2.24, 2.45) is 17.3 Å². The van der Waals surface area contributed by atoms with Crippen LogP contribution in [0, 0.1) is 37.2 Å². The molecule has 0 aliphatic rings. The Hall–Kier alpha value is -2.29. The van der Waals surface area contributed by atoms with Gasteiger partial charge in [-0.25, -0.2) is 0 Å². The van der Waals surface area contributed by atoms with E-state index in [0.717, 1.165) is 54.4 Å². The number of rotatable bonds is 9. The molecule has 3 aromatic rings.